The first kappa shape index (κ1) is 20.5. The Balaban J connectivity index is 1.45. The molecule has 2 heterocycles. The highest BCUT2D eigenvalue weighted by atomic mass is 35.5. The fraction of sp³-hybridized carbons (Fsp3) is 0. The molecule has 0 saturated heterocycles. The van der Waals surface area contributed by atoms with Crippen LogP contribution in [0.3, 0.4) is 0 Å². The van der Waals surface area contributed by atoms with Gasteiger partial charge in [0.15, 0.2) is 0 Å². The van der Waals surface area contributed by atoms with Gasteiger partial charge in [-0.15, -0.1) is 11.3 Å². The third-order valence-corrected chi connectivity index (χ3v) is 6.43. The van der Waals surface area contributed by atoms with Crippen molar-refractivity contribution in [1.82, 2.24) is 4.98 Å². The number of rotatable bonds is 4. The molecule has 6 heteroatoms. The van der Waals surface area contributed by atoms with E-state index in [0.717, 1.165) is 22.2 Å². The molecule has 0 unspecified atom stereocenters. The Labute approximate surface area is 198 Å². The lowest BCUT2D eigenvalue weighted by Gasteiger charge is -2.01. The molecule has 0 N–H and O–H groups in total. The Bertz CT molecular complexity index is 1520. The van der Waals surface area contributed by atoms with Crippen molar-refractivity contribution < 1.29 is 4.42 Å². The standard InChI is InChI=1S/C26H14Cl2N2OS/c27-20-7-9-22(23(28)13-20)25-10-8-21(31-25)12-19(14-29)26-30-24(15-32-26)18-6-5-16-3-1-2-4-17(16)11-18/h1-13,15H/b19-12+. The van der Waals surface area contributed by atoms with E-state index in [1.54, 1.807) is 30.3 Å². The number of halogens is 2. The number of hydrogen-bond acceptors (Lipinski definition) is 4. The van der Waals surface area contributed by atoms with Crippen molar-refractivity contribution in [2.75, 3.05) is 0 Å². The molecule has 5 aromatic rings. The van der Waals surface area contributed by atoms with E-state index in [1.165, 1.54) is 16.7 Å². The monoisotopic (exact) mass is 472 g/mol. The number of allylic oxidation sites excluding steroid dienone is 1. The Morgan fingerprint density at radius 1 is 0.969 bits per heavy atom. The van der Waals surface area contributed by atoms with Gasteiger partial charge >= 0.3 is 0 Å². The number of nitriles is 1. The van der Waals surface area contributed by atoms with Gasteiger partial charge in [0, 0.05) is 27.6 Å². The zero-order valence-electron chi connectivity index (χ0n) is 16.5. The summed E-state index contributed by atoms with van der Waals surface area (Å²) in [4.78, 5) is 4.69. The van der Waals surface area contributed by atoms with E-state index < -0.39 is 0 Å². The van der Waals surface area contributed by atoms with Crippen molar-refractivity contribution in [3.8, 4) is 28.7 Å². The molecule has 0 saturated carbocycles. The molecule has 0 fully saturated rings. The number of benzene rings is 3. The molecule has 2 aromatic heterocycles. The maximum absolute atomic E-state index is 9.73. The van der Waals surface area contributed by atoms with E-state index in [4.69, 9.17) is 32.6 Å². The number of hydrogen-bond donors (Lipinski definition) is 0. The molecule has 0 radical (unpaired) electrons. The summed E-state index contributed by atoms with van der Waals surface area (Å²) in [6.45, 7) is 0. The summed E-state index contributed by atoms with van der Waals surface area (Å²) in [5.74, 6) is 1.15. The summed E-state index contributed by atoms with van der Waals surface area (Å²) in [5.41, 5.74) is 3.03. The minimum atomic E-state index is 0.435. The molecule has 0 spiro atoms. The van der Waals surface area contributed by atoms with Crippen LogP contribution >= 0.6 is 34.5 Å². The SMILES string of the molecule is N#C/C(=C\c1ccc(-c2ccc(Cl)cc2Cl)o1)c1nc(-c2ccc3ccccc3c2)cs1. The molecule has 0 atom stereocenters. The van der Waals surface area contributed by atoms with Crippen molar-refractivity contribution in [3.05, 3.63) is 99.0 Å². The van der Waals surface area contributed by atoms with Crippen LogP contribution in [0.4, 0.5) is 0 Å². The first-order valence-corrected chi connectivity index (χ1v) is 11.4. The highest BCUT2D eigenvalue weighted by Crippen LogP contribution is 2.33. The van der Waals surface area contributed by atoms with Gasteiger partial charge in [-0.2, -0.15) is 5.26 Å². The quantitative estimate of drug-likeness (QED) is 0.246. The van der Waals surface area contributed by atoms with Crippen LogP contribution < -0.4 is 0 Å². The molecule has 3 aromatic carbocycles. The molecule has 0 bridgehead atoms. The van der Waals surface area contributed by atoms with Crippen LogP contribution in [0.2, 0.25) is 10.0 Å². The van der Waals surface area contributed by atoms with Gasteiger partial charge in [0.05, 0.1) is 16.3 Å². The average Bonchev–Trinajstić information content (AvgIpc) is 3.47. The molecule has 0 aliphatic carbocycles. The van der Waals surface area contributed by atoms with E-state index in [0.29, 0.717) is 32.1 Å². The Morgan fingerprint density at radius 2 is 1.81 bits per heavy atom. The van der Waals surface area contributed by atoms with E-state index in [-0.39, 0.29) is 0 Å². The van der Waals surface area contributed by atoms with Gasteiger partial charge in [0.1, 0.15) is 22.6 Å². The first-order chi connectivity index (χ1) is 15.6. The number of thiazole rings is 1. The number of aromatic nitrogens is 1. The summed E-state index contributed by atoms with van der Waals surface area (Å²) in [5, 5.41) is 15.7. The van der Waals surface area contributed by atoms with Crippen molar-refractivity contribution >= 4 is 57.0 Å². The first-order valence-electron chi connectivity index (χ1n) is 9.73. The third-order valence-electron chi connectivity index (χ3n) is 5.01. The summed E-state index contributed by atoms with van der Waals surface area (Å²) in [6.07, 6.45) is 1.69. The number of fused-ring (bicyclic) bond motifs is 1. The van der Waals surface area contributed by atoms with Gasteiger partial charge in [-0.3, -0.25) is 0 Å². The largest absolute Gasteiger partial charge is 0.457 e. The van der Waals surface area contributed by atoms with Crippen LogP contribution in [0.25, 0.3) is 45.0 Å². The van der Waals surface area contributed by atoms with E-state index in [2.05, 4.69) is 30.3 Å². The highest BCUT2D eigenvalue weighted by Gasteiger charge is 2.12. The average molecular weight is 473 g/mol. The van der Waals surface area contributed by atoms with Gasteiger partial charge in [0.2, 0.25) is 0 Å². The second kappa shape index (κ2) is 8.64. The second-order valence-corrected chi connectivity index (χ2v) is 8.80. The lowest BCUT2D eigenvalue weighted by atomic mass is 10.1. The fourth-order valence-corrected chi connectivity index (χ4v) is 4.72. The minimum Gasteiger partial charge on any atom is -0.457 e. The molecular formula is C26H14Cl2N2OS. The molecule has 5 rings (SSSR count). The summed E-state index contributed by atoms with van der Waals surface area (Å²) < 4.78 is 5.91. The van der Waals surface area contributed by atoms with Crippen LogP contribution in [-0.2, 0) is 0 Å². The second-order valence-electron chi connectivity index (χ2n) is 7.10. The van der Waals surface area contributed by atoms with E-state index >= 15 is 0 Å². The molecule has 0 aliphatic rings. The topological polar surface area (TPSA) is 49.8 Å². The lowest BCUT2D eigenvalue weighted by Crippen LogP contribution is -1.83. The normalized spacial score (nSPS) is 11.6. The van der Waals surface area contributed by atoms with Crippen LogP contribution in [0.15, 0.2) is 82.6 Å². The van der Waals surface area contributed by atoms with Gasteiger partial charge in [-0.1, -0.05) is 59.6 Å². The van der Waals surface area contributed by atoms with Crippen LogP contribution in [0, 0.1) is 11.3 Å². The summed E-state index contributed by atoms with van der Waals surface area (Å²) in [6, 6.07) is 25.5. The van der Waals surface area contributed by atoms with Crippen LogP contribution in [-0.4, -0.2) is 4.98 Å². The van der Waals surface area contributed by atoms with Crippen molar-refractivity contribution in [2.45, 2.75) is 0 Å². The minimum absolute atomic E-state index is 0.435. The van der Waals surface area contributed by atoms with Gasteiger partial charge in [0.25, 0.3) is 0 Å². The molecule has 154 valence electrons. The lowest BCUT2D eigenvalue weighted by molar-refractivity contribution is 0.572. The smallest absolute Gasteiger partial charge is 0.136 e. The fourth-order valence-electron chi connectivity index (χ4n) is 3.43. The van der Waals surface area contributed by atoms with Crippen molar-refractivity contribution in [3.63, 3.8) is 0 Å². The number of nitrogens with zero attached hydrogens (tertiary/aromatic N) is 2. The van der Waals surface area contributed by atoms with Gasteiger partial charge < -0.3 is 4.42 Å². The third kappa shape index (κ3) is 4.06. The van der Waals surface area contributed by atoms with Gasteiger partial charge in [-0.05, 0) is 47.2 Å². The Morgan fingerprint density at radius 3 is 2.62 bits per heavy atom. The maximum atomic E-state index is 9.73. The van der Waals surface area contributed by atoms with Crippen LogP contribution in [0.5, 0.6) is 0 Å². The Kier molecular flexibility index (Phi) is 5.55. The predicted octanol–water partition coefficient (Wildman–Crippen LogP) is 8.59. The summed E-state index contributed by atoms with van der Waals surface area (Å²) in [7, 11) is 0. The maximum Gasteiger partial charge on any atom is 0.136 e. The van der Waals surface area contributed by atoms with E-state index in [1.807, 2.05) is 29.6 Å². The Hall–Kier alpha value is -3.36. The van der Waals surface area contributed by atoms with Gasteiger partial charge in [-0.25, -0.2) is 4.98 Å². The predicted molar refractivity (Wildman–Crippen MR) is 133 cm³/mol. The molecular weight excluding hydrogens is 459 g/mol. The highest BCUT2D eigenvalue weighted by molar-refractivity contribution is 7.11. The molecule has 3 nitrogen and oxygen atoms in total. The summed E-state index contributed by atoms with van der Waals surface area (Å²) >= 11 is 13.7. The molecule has 0 aliphatic heterocycles. The van der Waals surface area contributed by atoms with Crippen molar-refractivity contribution in [2.24, 2.45) is 0 Å². The van der Waals surface area contributed by atoms with Crippen LogP contribution in [0.1, 0.15) is 10.8 Å². The zero-order valence-corrected chi connectivity index (χ0v) is 18.9. The molecule has 0 amide bonds. The molecule has 32 heavy (non-hydrogen) atoms. The number of furan rings is 1. The zero-order chi connectivity index (χ0) is 22.1. The van der Waals surface area contributed by atoms with Crippen molar-refractivity contribution in [1.29, 1.82) is 5.26 Å². The van der Waals surface area contributed by atoms with E-state index in [9.17, 15) is 5.26 Å².